The number of morpholine rings is 1. The van der Waals surface area contributed by atoms with Gasteiger partial charge in [0.15, 0.2) is 0 Å². The summed E-state index contributed by atoms with van der Waals surface area (Å²) in [4.78, 5) is 37.9. The molecule has 1 aliphatic rings. The van der Waals surface area contributed by atoms with E-state index >= 15 is 4.39 Å². The quantitative estimate of drug-likeness (QED) is 0.205. The number of nitrogens with zero attached hydrogens (tertiary/aromatic N) is 2. The van der Waals surface area contributed by atoms with Crippen LogP contribution in [0.25, 0.3) is 0 Å². The third-order valence-electron chi connectivity index (χ3n) is 7.04. The minimum atomic E-state index is -3.27. The average Bonchev–Trinajstić information content (AvgIpc) is 2.91. The van der Waals surface area contributed by atoms with Crippen LogP contribution in [0.4, 0.5) is 4.39 Å². The highest BCUT2D eigenvalue weighted by molar-refractivity contribution is 5.86. The summed E-state index contributed by atoms with van der Waals surface area (Å²) in [6, 6.07) is 9.38. The highest BCUT2D eigenvalue weighted by atomic mass is 19.1. The molecule has 3 atom stereocenters. The summed E-state index contributed by atoms with van der Waals surface area (Å²) in [5.74, 6) is -5.00. The van der Waals surface area contributed by atoms with Crippen LogP contribution in [-0.4, -0.2) is 81.8 Å². The molecule has 2 aromatic carbocycles. The van der Waals surface area contributed by atoms with E-state index in [1.807, 2.05) is 13.8 Å². The summed E-state index contributed by atoms with van der Waals surface area (Å²) < 4.78 is 27.1. The zero-order chi connectivity index (χ0) is 30.4. The molecule has 12 heteroatoms. The van der Waals surface area contributed by atoms with E-state index in [1.54, 1.807) is 24.3 Å². The fraction of sp³-hybridized carbons (Fsp3) is 0.483. The highest BCUT2D eigenvalue weighted by Gasteiger charge is 2.52. The molecule has 4 N–H and O–H groups in total. The molecule has 1 fully saturated rings. The monoisotopic (exact) mass is 575 g/mol. The van der Waals surface area contributed by atoms with Crippen LogP contribution in [0.2, 0.25) is 0 Å². The van der Waals surface area contributed by atoms with Crippen LogP contribution < -0.4 is 10.1 Å². The number of likely N-dealkylation sites (N-methyl/N-ethyl adjacent to an activating group) is 1. The number of nitrogens with one attached hydrogen (secondary N) is 1. The third-order valence-corrected chi connectivity index (χ3v) is 7.04. The number of benzene rings is 2. The molecular weight excluding hydrogens is 537 g/mol. The number of carbonyl (C=O) groups excluding carboxylic acids is 3. The smallest absolute Gasteiger partial charge is 0.283 e. The van der Waals surface area contributed by atoms with Crippen LogP contribution in [-0.2, 0) is 38.2 Å². The molecule has 0 radical (unpaired) electrons. The zero-order valence-corrected chi connectivity index (χ0v) is 23.7. The first kappa shape index (κ1) is 32.1. The first-order valence-corrected chi connectivity index (χ1v) is 13.3. The molecular formula is C29H38FN3O8. The highest BCUT2D eigenvalue weighted by Crippen LogP contribution is 2.38. The van der Waals surface area contributed by atoms with Gasteiger partial charge < -0.3 is 34.9 Å². The van der Waals surface area contributed by atoms with E-state index in [9.17, 15) is 29.7 Å². The number of hydrogen-bond donors (Lipinski definition) is 4. The van der Waals surface area contributed by atoms with Crippen molar-refractivity contribution in [1.29, 1.82) is 0 Å². The summed E-state index contributed by atoms with van der Waals surface area (Å²) >= 11 is 0. The lowest BCUT2D eigenvalue weighted by molar-refractivity contribution is -0.312. The number of aryl methyl sites for hydroxylation is 1. The Labute approximate surface area is 238 Å². The molecule has 11 nitrogen and oxygen atoms in total. The second kappa shape index (κ2) is 13.5. The van der Waals surface area contributed by atoms with E-state index in [0.717, 1.165) is 0 Å². The van der Waals surface area contributed by atoms with Crippen LogP contribution >= 0.6 is 0 Å². The molecule has 1 aliphatic heterocycles. The second-order valence-corrected chi connectivity index (χ2v) is 10.3. The van der Waals surface area contributed by atoms with Crippen molar-refractivity contribution in [2.24, 2.45) is 0 Å². The molecule has 3 rings (SSSR count). The minimum absolute atomic E-state index is 0.0238. The van der Waals surface area contributed by atoms with Crippen molar-refractivity contribution in [3.63, 3.8) is 0 Å². The van der Waals surface area contributed by atoms with Gasteiger partial charge in [-0.15, -0.1) is 0 Å². The molecule has 2 amide bonds. The number of aldehydes is 1. The largest absolute Gasteiger partial charge is 0.488 e. The summed E-state index contributed by atoms with van der Waals surface area (Å²) in [5, 5.41) is 35.8. The molecule has 1 saturated heterocycles. The first-order valence-electron chi connectivity index (χ1n) is 13.3. The van der Waals surface area contributed by atoms with Crippen LogP contribution in [0.15, 0.2) is 36.4 Å². The standard InChI is InChI=1S/C29H38FN3O8/c1-19-8-5-11-24(25(19)29(38,39)33(18-35)28(37,12-7-13-34)27(36)31-4)40-17-23-10-6-9-22(26(23)30)16-32-14-20(2)41-21(3)15-32/h5-6,8-11,13,18,20-21,37-39H,7,12,14-17H2,1-4H3,(H,31,36). The normalized spacial score (nSPS) is 19.2. The van der Waals surface area contributed by atoms with Gasteiger partial charge in [-0.2, -0.15) is 0 Å². The lowest BCUT2D eigenvalue weighted by atomic mass is 9.98. The molecule has 3 unspecified atom stereocenters. The molecule has 2 aromatic rings. The number of rotatable bonds is 13. The number of hydrogen-bond acceptors (Lipinski definition) is 9. The summed E-state index contributed by atoms with van der Waals surface area (Å²) in [5.41, 5.74) is -2.23. The van der Waals surface area contributed by atoms with Gasteiger partial charge in [-0.1, -0.05) is 30.3 Å². The topological polar surface area (TPSA) is 149 Å². The van der Waals surface area contributed by atoms with Gasteiger partial charge in [0.1, 0.15) is 24.5 Å². The fourth-order valence-electron chi connectivity index (χ4n) is 5.21. The summed E-state index contributed by atoms with van der Waals surface area (Å²) in [7, 11) is 1.18. The van der Waals surface area contributed by atoms with Gasteiger partial charge in [-0.05, 0) is 32.4 Å². The Morgan fingerprint density at radius 2 is 1.78 bits per heavy atom. The summed E-state index contributed by atoms with van der Waals surface area (Å²) in [6.45, 7) is 6.83. The molecule has 0 bridgehead atoms. The lowest BCUT2D eigenvalue weighted by Gasteiger charge is -2.43. The van der Waals surface area contributed by atoms with Crippen molar-refractivity contribution in [3.05, 3.63) is 64.5 Å². The number of aliphatic hydroxyl groups is 3. The molecule has 0 aliphatic carbocycles. The Morgan fingerprint density at radius 3 is 2.39 bits per heavy atom. The van der Waals surface area contributed by atoms with Gasteiger partial charge in [0, 0.05) is 50.7 Å². The Bertz CT molecular complexity index is 1230. The van der Waals surface area contributed by atoms with Gasteiger partial charge in [-0.3, -0.25) is 19.4 Å². The average molecular weight is 576 g/mol. The van der Waals surface area contributed by atoms with Crippen molar-refractivity contribution < 1.29 is 43.6 Å². The lowest BCUT2D eigenvalue weighted by Crippen LogP contribution is -2.65. The van der Waals surface area contributed by atoms with Gasteiger partial charge >= 0.3 is 0 Å². The van der Waals surface area contributed by atoms with E-state index in [-0.39, 0.29) is 59.0 Å². The Kier molecular flexibility index (Phi) is 10.6. The maximum atomic E-state index is 15.5. The van der Waals surface area contributed by atoms with E-state index < -0.39 is 29.8 Å². The Hall–Kier alpha value is -3.42. The van der Waals surface area contributed by atoms with Crippen LogP contribution in [0.5, 0.6) is 5.75 Å². The van der Waals surface area contributed by atoms with Crippen molar-refractivity contribution in [2.75, 3.05) is 20.1 Å². The maximum absolute atomic E-state index is 15.5. The number of amides is 2. The Morgan fingerprint density at radius 1 is 1.15 bits per heavy atom. The third kappa shape index (κ3) is 7.08. The van der Waals surface area contributed by atoms with E-state index in [1.165, 1.54) is 26.1 Å². The fourth-order valence-corrected chi connectivity index (χ4v) is 5.21. The number of ether oxygens (including phenoxy) is 2. The van der Waals surface area contributed by atoms with Gasteiger partial charge in [0.25, 0.3) is 11.8 Å². The number of halogens is 1. The molecule has 41 heavy (non-hydrogen) atoms. The predicted molar refractivity (Wildman–Crippen MR) is 146 cm³/mol. The second-order valence-electron chi connectivity index (χ2n) is 10.3. The zero-order valence-electron chi connectivity index (χ0n) is 23.7. The van der Waals surface area contributed by atoms with Crippen LogP contribution in [0.1, 0.15) is 48.9 Å². The SMILES string of the molecule is CNC(=O)C(O)(CCC=O)N(C=O)C(O)(O)c1c(C)cccc1OCc1cccc(CN2CC(C)OC(C)C2)c1F. The van der Waals surface area contributed by atoms with Crippen molar-refractivity contribution in [2.45, 2.75) is 70.6 Å². The predicted octanol–water partition coefficient (Wildman–Crippen LogP) is 1.29. The van der Waals surface area contributed by atoms with Crippen LogP contribution in [0.3, 0.4) is 0 Å². The van der Waals surface area contributed by atoms with E-state index in [0.29, 0.717) is 31.5 Å². The van der Waals surface area contributed by atoms with E-state index in [2.05, 4.69) is 10.2 Å². The van der Waals surface area contributed by atoms with Crippen molar-refractivity contribution in [1.82, 2.24) is 15.1 Å². The van der Waals surface area contributed by atoms with Crippen LogP contribution in [0, 0.1) is 12.7 Å². The van der Waals surface area contributed by atoms with Crippen molar-refractivity contribution >= 4 is 18.6 Å². The molecule has 0 aromatic heterocycles. The number of carbonyl (C=O) groups is 3. The van der Waals surface area contributed by atoms with Crippen molar-refractivity contribution in [3.8, 4) is 5.75 Å². The van der Waals surface area contributed by atoms with Gasteiger partial charge in [-0.25, -0.2) is 4.39 Å². The van der Waals surface area contributed by atoms with Gasteiger partial charge in [0.05, 0.1) is 17.8 Å². The van der Waals surface area contributed by atoms with E-state index in [4.69, 9.17) is 9.47 Å². The maximum Gasteiger partial charge on any atom is 0.283 e. The molecule has 0 spiro atoms. The first-order chi connectivity index (χ1) is 19.4. The molecule has 1 heterocycles. The summed E-state index contributed by atoms with van der Waals surface area (Å²) in [6.07, 6.45) is -0.616. The Balaban J connectivity index is 1.91. The van der Waals surface area contributed by atoms with Gasteiger partial charge in [0.2, 0.25) is 12.1 Å². The molecule has 224 valence electrons. The molecule has 0 saturated carbocycles. The minimum Gasteiger partial charge on any atom is -0.488 e.